The van der Waals surface area contributed by atoms with Crippen LogP contribution in [-0.2, 0) is 22.7 Å². The van der Waals surface area contributed by atoms with E-state index in [1.165, 1.54) is 5.56 Å². The number of aromatic nitrogens is 3. The Bertz CT molecular complexity index is 1350. The predicted octanol–water partition coefficient (Wildman–Crippen LogP) is 6.42. The molecule has 1 aromatic heterocycles. The standard InChI is InChI=1S/C28H30ClN5O3/c1-28(2,3)36-27(35)37-33-16-22-14-23(29)11-12-24(22)34-25(17-33)31-32-26(34)20-9-7-19(8-10-20)21-6-4-5-18(13-21)15-30/h4-6,11-14,19-20H,7-10,16-17H2,1-3H3/t19-,20-. The molecule has 0 amide bonds. The number of nitrogens with zero attached hydrogens (tertiary/aromatic N) is 5. The van der Waals surface area contributed by atoms with E-state index >= 15 is 0 Å². The lowest BCUT2D eigenvalue weighted by Gasteiger charge is -2.29. The first-order chi connectivity index (χ1) is 17.7. The van der Waals surface area contributed by atoms with Crippen LogP contribution < -0.4 is 0 Å². The van der Waals surface area contributed by atoms with Crippen LogP contribution in [-0.4, -0.2) is 31.6 Å². The van der Waals surface area contributed by atoms with Crippen LogP contribution in [0.25, 0.3) is 5.69 Å². The number of hydrogen-bond acceptors (Lipinski definition) is 7. The van der Waals surface area contributed by atoms with Gasteiger partial charge in [-0.1, -0.05) is 23.7 Å². The average Bonchev–Trinajstić information content (AvgIpc) is 3.19. The first-order valence-corrected chi connectivity index (χ1v) is 13.0. The molecule has 9 heteroatoms. The zero-order valence-electron chi connectivity index (χ0n) is 21.3. The van der Waals surface area contributed by atoms with Crippen molar-refractivity contribution in [3.63, 3.8) is 0 Å². The van der Waals surface area contributed by atoms with Gasteiger partial charge in [0.25, 0.3) is 0 Å². The molecule has 2 heterocycles. The molecule has 5 rings (SSSR count). The third-order valence-corrected chi connectivity index (χ3v) is 7.11. The summed E-state index contributed by atoms with van der Waals surface area (Å²) in [6.07, 6.45) is 3.22. The highest BCUT2D eigenvalue weighted by molar-refractivity contribution is 6.30. The van der Waals surface area contributed by atoms with Crippen molar-refractivity contribution in [1.29, 1.82) is 5.26 Å². The highest BCUT2D eigenvalue weighted by Crippen LogP contribution is 2.41. The van der Waals surface area contributed by atoms with Crippen molar-refractivity contribution >= 4 is 17.8 Å². The van der Waals surface area contributed by atoms with E-state index in [9.17, 15) is 10.1 Å². The second kappa shape index (κ2) is 10.2. The molecule has 0 spiro atoms. The van der Waals surface area contributed by atoms with E-state index in [1.54, 1.807) is 25.8 Å². The van der Waals surface area contributed by atoms with Gasteiger partial charge in [0.05, 0.1) is 30.4 Å². The summed E-state index contributed by atoms with van der Waals surface area (Å²) < 4.78 is 7.46. The molecule has 0 atom stereocenters. The monoisotopic (exact) mass is 519 g/mol. The number of hydrogen-bond donors (Lipinski definition) is 0. The third kappa shape index (κ3) is 5.63. The summed E-state index contributed by atoms with van der Waals surface area (Å²) in [4.78, 5) is 18.0. The van der Waals surface area contributed by atoms with Gasteiger partial charge in [0.1, 0.15) is 11.4 Å². The van der Waals surface area contributed by atoms with Crippen LogP contribution in [0.3, 0.4) is 0 Å². The van der Waals surface area contributed by atoms with Crippen LogP contribution in [0.4, 0.5) is 4.79 Å². The minimum absolute atomic E-state index is 0.249. The lowest BCUT2D eigenvalue weighted by atomic mass is 9.78. The number of benzene rings is 2. The highest BCUT2D eigenvalue weighted by atomic mass is 35.5. The maximum atomic E-state index is 12.4. The SMILES string of the molecule is CC(C)(C)OC(=O)ON1Cc2cc(Cl)ccc2-n2c(nnc2[C@H]2CC[C@H](c3cccc(C#N)c3)CC2)C1. The Kier molecular flexibility index (Phi) is 6.93. The Morgan fingerprint density at radius 1 is 1.05 bits per heavy atom. The van der Waals surface area contributed by atoms with Crippen LogP contribution in [0.2, 0.25) is 5.02 Å². The molecule has 2 aliphatic rings. The van der Waals surface area contributed by atoms with Gasteiger partial charge in [-0.15, -0.1) is 15.3 Å². The van der Waals surface area contributed by atoms with Gasteiger partial charge in [-0.05, 0) is 93.8 Å². The van der Waals surface area contributed by atoms with E-state index in [0.717, 1.165) is 42.8 Å². The van der Waals surface area contributed by atoms with Crippen molar-refractivity contribution in [2.24, 2.45) is 0 Å². The number of rotatable bonds is 3. The Morgan fingerprint density at radius 2 is 1.81 bits per heavy atom. The number of fused-ring (bicyclic) bond motifs is 3. The molecular weight excluding hydrogens is 490 g/mol. The lowest BCUT2D eigenvalue weighted by molar-refractivity contribution is -0.155. The van der Waals surface area contributed by atoms with Crippen LogP contribution in [0.15, 0.2) is 42.5 Å². The molecule has 0 N–H and O–H groups in total. The molecule has 2 aromatic carbocycles. The van der Waals surface area contributed by atoms with Crippen LogP contribution >= 0.6 is 11.6 Å². The summed E-state index contributed by atoms with van der Waals surface area (Å²) in [5.41, 5.74) is 3.13. The molecule has 37 heavy (non-hydrogen) atoms. The van der Waals surface area contributed by atoms with Crippen LogP contribution in [0.5, 0.6) is 0 Å². The van der Waals surface area contributed by atoms with E-state index in [4.69, 9.17) is 21.2 Å². The van der Waals surface area contributed by atoms with Gasteiger partial charge in [-0.3, -0.25) is 4.57 Å². The number of carbonyl (C=O) groups is 1. The number of carbonyl (C=O) groups excluding carboxylic acids is 1. The van der Waals surface area contributed by atoms with E-state index in [-0.39, 0.29) is 12.5 Å². The normalized spacial score (nSPS) is 19.8. The van der Waals surface area contributed by atoms with Gasteiger partial charge in [0.15, 0.2) is 5.82 Å². The first-order valence-electron chi connectivity index (χ1n) is 12.6. The summed E-state index contributed by atoms with van der Waals surface area (Å²) in [7, 11) is 0. The molecule has 0 unspecified atom stereocenters. The topological polar surface area (TPSA) is 93.3 Å². The second-order valence-electron chi connectivity index (χ2n) is 10.7. The number of ether oxygens (including phenoxy) is 1. The quantitative estimate of drug-likeness (QED) is 0.369. The molecule has 192 valence electrons. The first kappa shape index (κ1) is 25.2. The fourth-order valence-corrected chi connectivity index (χ4v) is 5.44. The predicted molar refractivity (Wildman–Crippen MR) is 138 cm³/mol. The summed E-state index contributed by atoms with van der Waals surface area (Å²) in [6, 6.07) is 15.9. The minimum atomic E-state index is -0.761. The smallest absolute Gasteiger partial charge is 0.427 e. The van der Waals surface area contributed by atoms with Crippen molar-refractivity contribution < 1.29 is 14.4 Å². The van der Waals surface area contributed by atoms with Gasteiger partial charge < -0.3 is 9.57 Å². The molecule has 1 fully saturated rings. The Morgan fingerprint density at radius 3 is 2.54 bits per heavy atom. The van der Waals surface area contributed by atoms with E-state index in [2.05, 4.69) is 26.9 Å². The minimum Gasteiger partial charge on any atom is -0.427 e. The Labute approximate surface area is 221 Å². The average molecular weight is 520 g/mol. The zero-order valence-corrected chi connectivity index (χ0v) is 22.0. The maximum absolute atomic E-state index is 12.4. The fraction of sp³-hybridized carbons (Fsp3) is 0.429. The van der Waals surface area contributed by atoms with Crippen molar-refractivity contribution in [2.75, 3.05) is 0 Å². The molecule has 1 aliphatic heterocycles. The highest BCUT2D eigenvalue weighted by Gasteiger charge is 2.32. The van der Waals surface area contributed by atoms with Crippen molar-refractivity contribution in [3.8, 4) is 11.8 Å². The summed E-state index contributed by atoms with van der Waals surface area (Å²) in [5.74, 6) is 2.30. The number of hydroxylamine groups is 2. The molecule has 1 aliphatic carbocycles. The molecule has 3 aromatic rings. The van der Waals surface area contributed by atoms with Gasteiger partial charge >= 0.3 is 6.16 Å². The van der Waals surface area contributed by atoms with Crippen molar-refractivity contribution in [1.82, 2.24) is 19.8 Å². The van der Waals surface area contributed by atoms with Crippen molar-refractivity contribution in [3.05, 3.63) is 75.8 Å². The second-order valence-corrected chi connectivity index (χ2v) is 11.2. The van der Waals surface area contributed by atoms with Gasteiger partial charge in [-0.2, -0.15) is 5.26 Å². The largest absolute Gasteiger partial charge is 0.528 e. The van der Waals surface area contributed by atoms with Crippen LogP contribution in [0, 0.1) is 11.3 Å². The van der Waals surface area contributed by atoms with Crippen molar-refractivity contribution in [2.45, 2.75) is 77.0 Å². The molecule has 0 saturated heterocycles. The maximum Gasteiger partial charge on any atom is 0.528 e. The summed E-state index contributed by atoms with van der Waals surface area (Å²) >= 11 is 6.34. The lowest BCUT2D eigenvalue weighted by Crippen LogP contribution is -2.31. The molecular formula is C28H30ClN5O3. The van der Waals surface area contributed by atoms with Crippen LogP contribution in [0.1, 0.15) is 86.6 Å². The molecule has 0 bridgehead atoms. The summed E-state index contributed by atoms with van der Waals surface area (Å²) in [6.45, 7) is 6.01. The summed E-state index contributed by atoms with van der Waals surface area (Å²) in [5, 5.41) is 20.5. The molecule has 0 radical (unpaired) electrons. The van der Waals surface area contributed by atoms with Gasteiger partial charge in [-0.25, -0.2) is 4.79 Å². The van der Waals surface area contributed by atoms with E-state index < -0.39 is 11.8 Å². The fourth-order valence-electron chi connectivity index (χ4n) is 5.25. The zero-order chi connectivity index (χ0) is 26.2. The number of nitriles is 1. The molecule has 8 nitrogen and oxygen atoms in total. The van der Waals surface area contributed by atoms with E-state index in [1.807, 2.05) is 36.4 Å². The Hall–Kier alpha value is -3.41. The van der Waals surface area contributed by atoms with E-state index in [0.29, 0.717) is 28.9 Å². The van der Waals surface area contributed by atoms with Gasteiger partial charge in [0, 0.05) is 10.9 Å². The third-order valence-electron chi connectivity index (χ3n) is 6.87. The Balaban J connectivity index is 1.39. The van der Waals surface area contributed by atoms with Gasteiger partial charge in [0.2, 0.25) is 0 Å². The number of halogens is 1. The molecule has 1 saturated carbocycles.